The van der Waals surface area contributed by atoms with E-state index < -0.39 is 5.97 Å². The normalized spacial score (nSPS) is 10.7. The number of methoxy groups -OCH3 is 1. The molecule has 0 saturated heterocycles. The van der Waals surface area contributed by atoms with E-state index in [1.165, 1.54) is 6.20 Å². The molecule has 0 saturated carbocycles. The molecule has 1 aromatic heterocycles. The number of anilines is 2. The number of fused-ring (bicyclic) bond motifs is 1. The van der Waals surface area contributed by atoms with Crippen LogP contribution in [-0.2, 0) is 4.74 Å². The number of ether oxygens (including phenoxy) is 2. The summed E-state index contributed by atoms with van der Waals surface area (Å²) < 4.78 is 10.6. The van der Waals surface area contributed by atoms with Crippen molar-refractivity contribution in [3.63, 3.8) is 0 Å². The third kappa shape index (κ3) is 3.94. The Balaban J connectivity index is 2.26. The lowest BCUT2D eigenvalue weighted by Gasteiger charge is -2.17. The minimum atomic E-state index is -0.489. The third-order valence-corrected chi connectivity index (χ3v) is 4.51. The highest BCUT2D eigenvalue weighted by Crippen LogP contribution is 2.37. The van der Waals surface area contributed by atoms with Gasteiger partial charge in [-0.1, -0.05) is 29.3 Å². The van der Waals surface area contributed by atoms with Gasteiger partial charge < -0.3 is 14.8 Å². The maximum Gasteiger partial charge on any atom is 0.341 e. The van der Waals surface area contributed by atoms with Crippen LogP contribution in [0.15, 0.2) is 36.5 Å². The molecule has 3 aromatic rings. The molecule has 3 rings (SSSR count). The number of aromatic nitrogens is 1. The second kappa shape index (κ2) is 8.03. The monoisotopic (exact) mass is 404 g/mol. The topological polar surface area (TPSA) is 60.5 Å². The molecule has 5 nitrogen and oxygen atoms in total. The van der Waals surface area contributed by atoms with Crippen LogP contribution in [0, 0.1) is 6.92 Å². The first kappa shape index (κ1) is 19.3. The minimum Gasteiger partial charge on any atom is -0.495 e. The fourth-order valence-corrected chi connectivity index (χ4v) is 3.32. The van der Waals surface area contributed by atoms with E-state index in [-0.39, 0.29) is 12.2 Å². The van der Waals surface area contributed by atoms with Gasteiger partial charge in [0.25, 0.3) is 0 Å². The van der Waals surface area contributed by atoms with Crippen molar-refractivity contribution in [3.05, 3.63) is 57.7 Å². The number of aryl methyl sites for hydroxylation is 1. The maximum absolute atomic E-state index is 12.5. The Labute approximate surface area is 167 Å². The van der Waals surface area contributed by atoms with E-state index in [0.717, 1.165) is 5.56 Å². The number of hydrogen-bond donors (Lipinski definition) is 1. The molecule has 0 aliphatic heterocycles. The number of carbonyl (C=O) groups excluding carboxylic acids is 1. The van der Waals surface area contributed by atoms with Gasteiger partial charge in [0.15, 0.2) is 0 Å². The Morgan fingerprint density at radius 3 is 2.70 bits per heavy atom. The molecule has 0 aliphatic carbocycles. The maximum atomic E-state index is 12.5. The second-order valence-corrected chi connectivity index (χ2v) is 6.72. The highest BCUT2D eigenvalue weighted by Gasteiger charge is 2.19. The number of hydrogen-bond acceptors (Lipinski definition) is 5. The van der Waals surface area contributed by atoms with Gasteiger partial charge in [0, 0.05) is 16.6 Å². The van der Waals surface area contributed by atoms with Crippen LogP contribution < -0.4 is 10.1 Å². The van der Waals surface area contributed by atoms with Crippen molar-refractivity contribution in [2.45, 2.75) is 13.8 Å². The van der Waals surface area contributed by atoms with Gasteiger partial charge in [-0.05, 0) is 43.7 Å². The summed E-state index contributed by atoms with van der Waals surface area (Å²) in [6.45, 7) is 3.96. The molecule has 2 aromatic carbocycles. The summed E-state index contributed by atoms with van der Waals surface area (Å²) in [7, 11) is 1.58. The van der Waals surface area contributed by atoms with E-state index in [9.17, 15) is 4.79 Å². The zero-order valence-corrected chi connectivity index (χ0v) is 16.6. The number of halogens is 2. The SMILES string of the molecule is CCOC(=O)c1cnc2c(Cl)cc(Cl)cc2c1Nc1cc(C)ccc1OC. The van der Waals surface area contributed by atoms with Crippen molar-refractivity contribution in [1.82, 2.24) is 4.98 Å². The molecular weight excluding hydrogens is 387 g/mol. The lowest BCUT2D eigenvalue weighted by Crippen LogP contribution is -2.10. The molecule has 0 amide bonds. The average molecular weight is 405 g/mol. The summed E-state index contributed by atoms with van der Waals surface area (Å²) in [5.74, 6) is 0.144. The summed E-state index contributed by atoms with van der Waals surface area (Å²) in [5.41, 5.74) is 3.05. The molecule has 7 heteroatoms. The van der Waals surface area contributed by atoms with Gasteiger partial charge >= 0.3 is 5.97 Å². The second-order valence-electron chi connectivity index (χ2n) is 5.88. The molecule has 27 heavy (non-hydrogen) atoms. The summed E-state index contributed by atoms with van der Waals surface area (Å²) in [6.07, 6.45) is 1.45. The van der Waals surface area contributed by atoms with Crippen LogP contribution in [0.2, 0.25) is 10.0 Å². The van der Waals surface area contributed by atoms with Crippen LogP contribution >= 0.6 is 23.2 Å². The van der Waals surface area contributed by atoms with E-state index >= 15 is 0 Å². The van der Waals surface area contributed by atoms with Crippen molar-refractivity contribution in [2.75, 3.05) is 19.0 Å². The number of carbonyl (C=O) groups is 1. The number of pyridine rings is 1. The van der Waals surface area contributed by atoms with Gasteiger partial charge in [-0.3, -0.25) is 4.98 Å². The quantitative estimate of drug-likeness (QED) is 0.546. The Kier molecular flexibility index (Phi) is 5.73. The fraction of sp³-hybridized carbons (Fsp3) is 0.200. The third-order valence-electron chi connectivity index (χ3n) is 4.00. The molecule has 0 radical (unpaired) electrons. The van der Waals surface area contributed by atoms with Gasteiger partial charge in [-0.25, -0.2) is 4.79 Å². The molecule has 0 fully saturated rings. The van der Waals surface area contributed by atoms with Crippen LogP contribution in [0.5, 0.6) is 5.75 Å². The van der Waals surface area contributed by atoms with E-state index in [1.54, 1.807) is 26.2 Å². The average Bonchev–Trinajstić information content (AvgIpc) is 2.62. The molecule has 0 atom stereocenters. The van der Waals surface area contributed by atoms with Crippen molar-refractivity contribution >= 4 is 51.4 Å². The minimum absolute atomic E-state index is 0.250. The molecule has 0 aliphatic rings. The molecule has 0 unspecified atom stereocenters. The lowest BCUT2D eigenvalue weighted by atomic mass is 10.1. The number of nitrogens with one attached hydrogen (secondary N) is 1. The molecule has 1 heterocycles. The van der Waals surface area contributed by atoms with Crippen molar-refractivity contribution in [3.8, 4) is 5.75 Å². The van der Waals surface area contributed by atoms with Crippen molar-refractivity contribution in [1.29, 1.82) is 0 Å². The first-order chi connectivity index (χ1) is 12.9. The Morgan fingerprint density at radius 2 is 2.00 bits per heavy atom. The van der Waals surface area contributed by atoms with Gasteiger partial charge in [0.1, 0.15) is 11.3 Å². The standard InChI is InChI=1S/C20H18Cl2N2O3/c1-4-27-20(25)14-10-23-19-13(8-12(21)9-15(19)22)18(14)24-16-7-11(2)5-6-17(16)26-3/h5-10H,4H2,1-3H3,(H,23,24). The number of rotatable bonds is 5. The molecular formula is C20H18Cl2N2O3. The van der Waals surface area contributed by atoms with Crippen LogP contribution in [0.3, 0.4) is 0 Å². The zero-order valence-electron chi connectivity index (χ0n) is 15.1. The van der Waals surface area contributed by atoms with Gasteiger partial charge in [0.05, 0.1) is 35.6 Å². The molecule has 0 spiro atoms. The van der Waals surface area contributed by atoms with Crippen LogP contribution in [0.25, 0.3) is 10.9 Å². The van der Waals surface area contributed by atoms with Crippen LogP contribution in [0.4, 0.5) is 11.4 Å². The van der Waals surface area contributed by atoms with Crippen molar-refractivity contribution in [2.24, 2.45) is 0 Å². The highest BCUT2D eigenvalue weighted by atomic mass is 35.5. The van der Waals surface area contributed by atoms with E-state index in [2.05, 4.69) is 10.3 Å². The summed E-state index contributed by atoms with van der Waals surface area (Å²) in [4.78, 5) is 16.8. The van der Waals surface area contributed by atoms with Crippen LogP contribution in [0.1, 0.15) is 22.8 Å². The van der Waals surface area contributed by atoms with Crippen LogP contribution in [-0.4, -0.2) is 24.7 Å². The lowest BCUT2D eigenvalue weighted by molar-refractivity contribution is 0.0527. The number of esters is 1. The summed E-state index contributed by atoms with van der Waals surface area (Å²) in [6, 6.07) is 9.04. The molecule has 140 valence electrons. The molecule has 1 N–H and O–H groups in total. The van der Waals surface area contributed by atoms with Gasteiger partial charge in [0.2, 0.25) is 0 Å². The largest absolute Gasteiger partial charge is 0.495 e. The van der Waals surface area contributed by atoms with Gasteiger partial charge in [-0.15, -0.1) is 0 Å². The Bertz CT molecular complexity index is 1020. The van der Waals surface area contributed by atoms with E-state index in [0.29, 0.717) is 38.1 Å². The number of benzene rings is 2. The number of nitrogens with zero attached hydrogens (tertiary/aromatic N) is 1. The fourth-order valence-electron chi connectivity index (χ4n) is 2.78. The van der Waals surface area contributed by atoms with E-state index in [1.807, 2.05) is 25.1 Å². The predicted molar refractivity (Wildman–Crippen MR) is 109 cm³/mol. The summed E-state index contributed by atoms with van der Waals surface area (Å²) >= 11 is 12.5. The Morgan fingerprint density at radius 1 is 1.22 bits per heavy atom. The highest BCUT2D eigenvalue weighted by molar-refractivity contribution is 6.38. The Hall–Kier alpha value is -2.50. The zero-order chi connectivity index (χ0) is 19.6. The van der Waals surface area contributed by atoms with Crippen molar-refractivity contribution < 1.29 is 14.3 Å². The van der Waals surface area contributed by atoms with E-state index in [4.69, 9.17) is 32.7 Å². The smallest absolute Gasteiger partial charge is 0.341 e. The predicted octanol–water partition coefficient (Wildman–Crippen LogP) is 5.78. The summed E-state index contributed by atoms with van der Waals surface area (Å²) in [5, 5.41) is 4.73. The van der Waals surface area contributed by atoms with Gasteiger partial charge in [-0.2, -0.15) is 0 Å². The molecule has 0 bridgehead atoms. The first-order valence-electron chi connectivity index (χ1n) is 8.31. The first-order valence-corrected chi connectivity index (χ1v) is 9.06.